The molecule has 2 aromatic carbocycles. The summed E-state index contributed by atoms with van der Waals surface area (Å²) in [6.45, 7) is 1.80. The molecule has 0 spiro atoms. The monoisotopic (exact) mass is 260 g/mol. The molecule has 0 radical (unpaired) electrons. The summed E-state index contributed by atoms with van der Waals surface area (Å²) in [6.07, 6.45) is 0. The Hall–Kier alpha value is -2.36. The van der Waals surface area contributed by atoms with Gasteiger partial charge in [0.2, 0.25) is 0 Å². The smallest absolute Gasteiger partial charge is 0.335 e. The zero-order valence-electron chi connectivity index (χ0n) is 10.6. The summed E-state index contributed by atoms with van der Waals surface area (Å²) in [4.78, 5) is 11.0. The minimum atomic E-state index is -1.00. The number of carbonyl (C=O) groups is 1. The molecule has 1 N–H and O–H groups in total. The predicted octanol–water partition coefficient (Wildman–Crippen LogP) is 3.51. The standard InChI is InChI=1S/C15H13FO3/c1-9-5-11(7-12(6-9)15(17)18)10-3-4-14(19-2)13(16)8-10/h3-8H,1-2H3,(H,17,18). The number of aryl methyl sites for hydroxylation is 1. The lowest BCUT2D eigenvalue weighted by Gasteiger charge is -2.07. The third-order valence-electron chi connectivity index (χ3n) is 2.81. The van der Waals surface area contributed by atoms with Crippen LogP contribution in [0.2, 0.25) is 0 Å². The van der Waals surface area contributed by atoms with Crippen LogP contribution in [0.4, 0.5) is 4.39 Å². The van der Waals surface area contributed by atoms with Crippen LogP contribution in [-0.2, 0) is 0 Å². The number of hydrogen-bond acceptors (Lipinski definition) is 2. The second-order valence-electron chi connectivity index (χ2n) is 4.24. The number of carboxylic acids is 1. The summed E-state index contributed by atoms with van der Waals surface area (Å²) in [5.74, 6) is -1.31. The Morgan fingerprint density at radius 2 is 1.89 bits per heavy atom. The highest BCUT2D eigenvalue weighted by molar-refractivity contribution is 5.89. The van der Waals surface area contributed by atoms with Crippen molar-refractivity contribution in [3.05, 3.63) is 53.3 Å². The fourth-order valence-corrected chi connectivity index (χ4v) is 1.92. The average molecular weight is 260 g/mol. The van der Waals surface area contributed by atoms with Gasteiger partial charge in [-0.1, -0.05) is 12.1 Å². The highest BCUT2D eigenvalue weighted by Gasteiger charge is 2.09. The van der Waals surface area contributed by atoms with Gasteiger partial charge < -0.3 is 9.84 Å². The van der Waals surface area contributed by atoms with E-state index in [1.165, 1.54) is 25.3 Å². The molecule has 4 heteroatoms. The van der Waals surface area contributed by atoms with Crippen LogP contribution in [0.1, 0.15) is 15.9 Å². The first-order chi connectivity index (χ1) is 9.01. The number of methoxy groups -OCH3 is 1. The van der Waals surface area contributed by atoms with Crippen molar-refractivity contribution in [1.29, 1.82) is 0 Å². The maximum Gasteiger partial charge on any atom is 0.335 e. The zero-order valence-corrected chi connectivity index (χ0v) is 10.6. The van der Waals surface area contributed by atoms with Gasteiger partial charge in [-0.15, -0.1) is 0 Å². The van der Waals surface area contributed by atoms with Crippen molar-refractivity contribution < 1.29 is 19.0 Å². The largest absolute Gasteiger partial charge is 0.494 e. The molecule has 0 atom stereocenters. The molecule has 0 saturated carbocycles. The van der Waals surface area contributed by atoms with E-state index in [-0.39, 0.29) is 11.3 Å². The van der Waals surface area contributed by atoms with Crippen molar-refractivity contribution in [2.75, 3.05) is 7.11 Å². The van der Waals surface area contributed by atoms with E-state index in [2.05, 4.69) is 0 Å². The van der Waals surface area contributed by atoms with E-state index in [1.807, 2.05) is 6.07 Å². The summed E-state index contributed by atoms with van der Waals surface area (Å²) in [6, 6.07) is 9.46. The van der Waals surface area contributed by atoms with E-state index in [9.17, 15) is 9.18 Å². The quantitative estimate of drug-likeness (QED) is 0.918. The molecular weight excluding hydrogens is 247 g/mol. The van der Waals surface area contributed by atoms with Gasteiger partial charge in [0.15, 0.2) is 11.6 Å². The van der Waals surface area contributed by atoms with Gasteiger partial charge in [0.05, 0.1) is 12.7 Å². The van der Waals surface area contributed by atoms with Crippen LogP contribution in [0.15, 0.2) is 36.4 Å². The van der Waals surface area contributed by atoms with Crippen LogP contribution in [0.3, 0.4) is 0 Å². The van der Waals surface area contributed by atoms with Crippen LogP contribution in [0.5, 0.6) is 5.75 Å². The van der Waals surface area contributed by atoms with Gasteiger partial charge in [-0.25, -0.2) is 9.18 Å². The maximum absolute atomic E-state index is 13.7. The summed E-state index contributed by atoms with van der Waals surface area (Å²) < 4.78 is 18.5. The Bertz CT molecular complexity index is 635. The molecule has 0 aliphatic rings. The van der Waals surface area contributed by atoms with Crippen molar-refractivity contribution in [2.24, 2.45) is 0 Å². The normalized spacial score (nSPS) is 10.3. The van der Waals surface area contributed by atoms with Gasteiger partial charge in [0, 0.05) is 0 Å². The van der Waals surface area contributed by atoms with Crippen LogP contribution in [0, 0.1) is 12.7 Å². The minimum Gasteiger partial charge on any atom is -0.494 e. The van der Waals surface area contributed by atoms with Gasteiger partial charge >= 0.3 is 5.97 Å². The van der Waals surface area contributed by atoms with Crippen LogP contribution in [0.25, 0.3) is 11.1 Å². The van der Waals surface area contributed by atoms with Crippen molar-refractivity contribution in [3.8, 4) is 16.9 Å². The van der Waals surface area contributed by atoms with Crippen molar-refractivity contribution in [3.63, 3.8) is 0 Å². The SMILES string of the molecule is COc1ccc(-c2cc(C)cc(C(=O)O)c2)cc1F. The lowest BCUT2D eigenvalue weighted by Crippen LogP contribution is -1.97. The van der Waals surface area contributed by atoms with Crippen LogP contribution < -0.4 is 4.74 Å². The second kappa shape index (κ2) is 5.10. The number of halogens is 1. The molecule has 0 aliphatic heterocycles. The van der Waals surface area contributed by atoms with Gasteiger partial charge in [0.1, 0.15) is 0 Å². The molecule has 0 aliphatic carbocycles. The summed E-state index contributed by atoms with van der Waals surface area (Å²) in [7, 11) is 1.40. The van der Waals surface area contributed by atoms with Gasteiger partial charge in [-0.05, 0) is 47.9 Å². The summed E-state index contributed by atoms with van der Waals surface area (Å²) >= 11 is 0. The zero-order chi connectivity index (χ0) is 14.0. The fourth-order valence-electron chi connectivity index (χ4n) is 1.92. The van der Waals surface area contributed by atoms with Gasteiger partial charge in [0.25, 0.3) is 0 Å². The third kappa shape index (κ3) is 2.73. The van der Waals surface area contributed by atoms with Gasteiger partial charge in [-0.2, -0.15) is 0 Å². The molecule has 0 bridgehead atoms. The fraction of sp³-hybridized carbons (Fsp3) is 0.133. The molecule has 0 heterocycles. The highest BCUT2D eigenvalue weighted by Crippen LogP contribution is 2.27. The minimum absolute atomic E-state index is 0.162. The van der Waals surface area contributed by atoms with E-state index in [1.54, 1.807) is 19.1 Å². The van der Waals surface area contributed by atoms with Gasteiger partial charge in [-0.3, -0.25) is 0 Å². The van der Waals surface area contributed by atoms with E-state index < -0.39 is 11.8 Å². The number of rotatable bonds is 3. The summed E-state index contributed by atoms with van der Waals surface area (Å²) in [5.41, 5.74) is 2.28. The molecule has 0 aromatic heterocycles. The summed E-state index contributed by atoms with van der Waals surface area (Å²) in [5, 5.41) is 9.02. The molecule has 2 rings (SSSR count). The molecule has 3 nitrogen and oxygen atoms in total. The molecule has 19 heavy (non-hydrogen) atoms. The van der Waals surface area contributed by atoms with Crippen molar-refractivity contribution in [1.82, 2.24) is 0 Å². The number of carboxylic acid groups (broad SMARTS) is 1. The third-order valence-corrected chi connectivity index (χ3v) is 2.81. The first-order valence-corrected chi connectivity index (χ1v) is 5.70. The Labute approximate surface area is 110 Å². The van der Waals surface area contributed by atoms with Crippen LogP contribution in [-0.4, -0.2) is 18.2 Å². The molecule has 2 aromatic rings. The Morgan fingerprint density at radius 3 is 2.47 bits per heavy atom. The van der Waals surface area contributed by atoms with E-state index >= 15 is 0 Å². The number of ether oxygens (including phenoxy) is 1. The van der Waals surface area contributed by atoms with E-state index in [0.29, 0.717) is 11.1 Å². The predicted molar refractivity (Wildman–Crippen MR) is 70.1 cm³/mol. The Balaban J connectivity index is 2.52. The number of hydrogen-bond donors (Lipinski definition) is 1. The van der Waals surface area contributed by atoms with Crippen LogP contribution >= 0.6 is 0 Å². The number of aromatic carboxylic acids is 1. The first kappa shape index (κ1) is 13.1. The molecule has 0 saturated heterocycles. The Morgan fingerprint density at radius 1 is 1.16 bits per heavy atom. The highest BCUT2D eigenvalue weighted by atomic mass is 19.1. The van der Waals surface area contributed by atoms with E-state index in [4.69, 9.17) is 9.84 Å². The second-order valence-corrected chi connectivity index (χ2v) is 4.24. The van der Waals surface area contributed by atoms with E-state index in [0.717, 1.165) is 5.56 Å². The topological polar surface area (TPSA) is 46.5 Å². The Kier molecular flexibility index (Phi) is 3.51. The molecule has 0 amide bonds. The van der Waals surface area contributed by atoms with Crippen molar-refractivity contribution >= 4 is 5.97 Å². The lowest BCUT2D eigenvalue weighted by atomic mass is 10.00. The number of benzene rings is 2. The van der Waals surface area contributed by atoms with Crippen molar-refractivity contribution in [2.45, 2.75) is 6.92 Å². The molecule has 98 valence electrons. The molecular formula is C15H13FO3. The average Bonchev–Trinajstić information content (AvgIpc) is 2.37. The first-order valence-electron chi connectivity index (χ1n) is 5.70. The lowest BCUT2D eigenvalue weighted by molar-refractivity contribution is 0.0697. The molecule has 0 unspecified atom stereocenters. The maximum atomic E-state index is 13.7. The molecule has 0 fully saturated rings.